The third-order valence-electron chi connectivity index (χ3n) is 2.30. The van der Waals surface area contributed by atoms with Crippen LogP contribution in [-0.4, -0.2) is 21.3 Å². The Hall–Kier alpha value is -0.320. The summed E-state index contributed by atoms with van der Waals surface area (Å²) in [5.41, 5.74) is 5.95. The zero-order valence-electron chi connectivity index (χ0n) is 7.80. The highest BCUT2D eigenvalue weighted by molar-refractivity contribution is 7.99. The number of hydrogen-bond donors (Lipinski definition) is 1. The molecule has 1 aliphatic rings. The zero-order valence-corrected chi connectivity index (χ0v) is 9.43. The van der Waals surface area contributed by atoms with Crippen LogP contribution in [0, 0.1) is 0 Å². The van der Waals surface area contributed by atoms with Gasteiger partial charge in [0.25, 0.3) is 0 Å². The monoisotopic (exact) mass is 231 g/mol. The molecule has 1 saturated carbocycles. The van der Waals surface area contributed by atoms with Gasteiger partial charge in [-0.25, -0.2) is 9.97 Å². The lowest BCUT2D eigenvalue weighted by atomic mass is 10.3. The van der Waals surface area contributed by atoms with E-state index in [2.05, 4.69) is 9.97 Å². The Morgan fingerprint density at radius 1 is 1.29 bits per heavy atom. The van der Waals surface area contributed by atoms with Crippen molar-refractivity contribution in [1.82, 2.24) is 9.97 Å². The SMILES string of the molecule is Cl.N[C@@H]1CCC[C@H]1Sc1ncccn1. The maximum atomic E-state index is 5.95. The highest BCUT2D eigenvalue weighted by Gasteiger charge is 2.25. The third-order valence-corrected chi connectivity index (χ3v) is 3.61. The standard InChI is InChI=1S/C9H13N3S.ClH/c10-7-3-1-4-8(7)13-9-11-5-2-6-12-9;/h2,5-8H,1,3-4,10H2;1H/t7-,8-;/m1./s1. The summed E-state index contributed by atoms with van der Waals surface area (Å²) in [6, 6.07) is 2.16. The van der Waals surface area contributed by atoms with Gasteiger partial charge < -0.3 is 5.73 Å². The Balaban J connectivity index is 0.000000980. The lowest BCUT2D eigenvalue weighted by molar-refractivity contribution is 0.714. The number of thioether (sulfide) groups is 1. The van der Waals surface area contributed by atoms with Crippen molar-refractivity contribution < 1.29 is 0 Å². The summed E-state index contributed by atoms with van der Waals surface area (Å²) < 4.78 is 0. The van der Waals surface area contributed by atoms with Crippen LogP contribution >= 0.6 is 24.2 Å². The van der Waals surface area contributed by atoms with Crippen molar-refractivity contribution in [2.75, 3.05) is 0 Å². The van der Waals surface area contributed by atoms with Crippen molar-refractivity contribution in [3.63, 3.8) is 0 Å². The molecule has 0 bridgehead atoms. The second-order valence-electron chi connectivity index (χ2n) is 3.28. The summed E-state index contributed by atoms with van der Waals surface area (Å²) in [6.07, 6.45) is 7.13. The second kappa shape index (κ2) is 5.53. The first-order valence-corrected chi connectivity index (χ1v) is 5.43. The van der Waals surface area contributed by atoms with Crippen molar-refractivity contribution in [3.05, 3.63) is 18.5 Å². The molecule has 2 N–H and O–H groups in total. The van der Waals surface area contributed by atoms with E-state index in [1.165, 1.54) is 12.8 Å². The number of aromatic nitrogens is 2. The average molecular weight is 232 g/mol. The molecule has 78 valence electrons. The van der Waals surface area contributed by atoms with E-state index in [0.29, 0.717) is 11.3 Å². The van der Waals surface area contributed by atoms with E-state index >= 15 is 0 Å². The number of rotatable bonds is 2. The van der Waals surface area contributed by atoms with E-state index in [1.807, 2.05) is 6.07 Å². The largest absolute Gasteiger partial charge is 0.327 e. The zero-order chi connectivity index (χ0) is 9.10. The number of nitrogens with two attached hydrogens (primary N) is 1. The van der Waals surface area contributed by atoms with Crippen molar-refractivity contribution >= 4 is 24.2 Å². The van der Waals surface area contributed by atoms with Crippen molar-refractivity contribution in [3.8, 4) is 0 Å². The maximum absolute atomic E-state index is 5.95. The highest BCUT2D eigenvalue weighted by Crippen LogP contribution is 2.31. The third kappa shape index (κ3) is 2.83. The molecule has 0 spiro atoms. The first-order valence-electron chi connectivity index (χ1n) is 4.55. The van der Waals surface area contributed by atoms with Gasteiger partial charge in [0, 0.05) is 23.7 Å². The molecule has 0 saturated heterocycles. The van der Waals surface area contributed by atoms with Gasteiger partial charge in [-0.05, 0) is 18.9 Å². The fourth-order valence-corrected chi connectivity index (χ4v) is 2.69. The molecule has 0 amide bonds. The van der Waals surface area contributed by atoms with Crippen LogP contribution in [0.2, 0.25) is 0 Å². The van der Waals surface area contributed by atoms with Gasteiger partial charge in [-0.15, -0.1) is 12.4 Å². The predicted octanol–water partition coefficient (Wildman–Crippen LogP) is 1.87. The van der Waals surface area contributed by atoms with Gasteiger partial charge in [-0.1, -0.05) is 18.2 Å². The lowest BCUT2D eigenvalue weighted by Gasteiger charge is -2.12. The fraction of sp³-hybridized carbons (Fsp3) is 0.556. The van der Waals surface area contributed by atoms with Crippen LogP contribution in [-0.2, 0) is 0 Å². The number of halogens is 1. The summed E-state index contributed by atoms with van der Waals surface area (Å²) in [5, 5.41) is 1.37. The summed E-state index contributed by atoms with van der Waals surface area (Å²) in [4.78, 5) is 8.35. The second-order valence-corrected chi connectivity index (χ2v) is 4.49. The minimum Gasteiger partial charge on any atom is -0.327 e. The van der Waals surface area contributed by atoms with Crippen LogP contribution in [0.3, 0.4) is 0 Å². The van der Waals surface area contributed by atoms with Gasteiger partial charge >= 0.3 is 0 Å². The molecule has 0 aliphatic heterocycles. The summed E-state index contributed by atoms with van der Waals surface area (Å²) >= 11 is 1.71. The molecule has 1 fully saturated rings. The van der Waals surface area contributed by atoms with E-state index in [1.54, 1.807) is 24.2 Å². The van der Waals surface area contributed by atoms with E-state index in [9.17, 15) is 0 Å². The minimum atomic E-state index is 0. The Kier molecular flexibility index (Phi) is 4.65. The molecular weight excluding hydrogens is 218 g/mol. The molecular formula is C9H14ClN3S. The van der Waals surface area contributed by atoms with Gasteiger partial charge in [0.1, 0.15) is 0 Å². The lowest BCUT2D eigenvalue weighted by Crippen LogP contribution is -2.26. The molecule has 2 atom stereocenters. The van der Waals surface area contributed by atoms with Crippen LogP contribution in [0.4, 0.5) is 0 Å². The van der Waals surface area contributed by atoms with E-state index in [-0.39, 0.29) is 12.4 Å². The molecule has 1 heterocycles. The molecule has 1 aliphatic carbocycles. The molecule has 1 aromatic rings. The first-order chi connectivity index (χ1) is 6.36. The van der Waals surface area contributed by atoms with Crippen LogP contribution in [0.1, 0.15) is 19.3 Å². The molecule has 2 rings (SSSR count). The first kappa shape index (κ1) is 11.8. The van der Waals surface area contributed by atoms with Gasteiger partial charge in [0.2, 0.25) is 0 Å². The topological polar surface area (TPSA) is 51.8 Å². The van der Waals surface area contributed by atoms with E-state index < -0.39 is 0 Å². The molecule has 0 unspecified atom stereocenters. The summed E-state index contributed by atoms with van der Waals surface area (Å²) in [6.45, 7) is 0. The highest BCUT2D eigenvalue weighted by atomic mass is 35.5. The van der Waals surface area contributed by atoms with Crippen molar-refractivity contribution in [1.29, 1.82) is 0 Å². The molecule has 0 radical (unpaired) electrons. The smallest absolute Gasteiger partial charge is 0.187 e. The fourth-order valence-electron chi connectivity index (χ4n) is 1.58. The average Bonchev–Trinajstić information content (AvgIpc) is 2.54. The van der Waals surface area contributed by atoms with Crippen LogP contribution in [0.5, 0.6) is 0 Å². The Morgan fingerprint density at radius 3 is 2.57 bits per heavy atom. The molecule has 0 aromatic carbocycles. The van der Waals surface area contributed by atoms with Gasteiger partial charge in [-0.3, -0.25) is 0 Å². The van der Waals surface area contributed by atoms with E-state index in [4.69, 9.17) is 5.73 Å². The van der Waals surface area contributed by atoms with Gasteiger partial charge in [0.15, 0.2) is 5.16 Å². The van der Waals surface area contributed by atoms with Crippen LogP contribution in [0.25, 0.3) is 0 Å². The van der Waals surface area contributed by atoms with Gasteiger partial charge in [-0.2, -0.15) is 0 Å². The van der Waals surface area contributed by atoms with Crippen LogP contribution in [0.15, 0.2) is 23.6 Å². The predicted molar refractivity (Wildman–Crippen MR) is 60.8 cm³/mol. The molecule has 14 heavy (non-hydrogen) atoms. The van der Waals surface area contributed by atoms with Crippen LogP contribution < -0.4 is 5.73 Å². The minimum absolute atomic E-state index is 0. The molecule has 1 aromatic heterocycles. The Labute approximate surface area is 94.3 Å². The summed E-state index contributed by atoms with van der Waals surface area (Å²) in [5.74, 6) is 0. The number of hydrogen-bond acceptors (Lipinski definition) is 4. The maximum Gasteiger partial charge on any atom is 0.187 e. The molecule has 3 nitrogen and oxygen atoms in total. The van der Waals surface area contributed by atoms with Crippen molar-refractivity contribution in [2.45, 2.75) is 35.7 Å². The number of nitrogens with zero attached hydrogens (tertiary/aromatic N) is 2. The Morgan fingerprint density at radius 2 is 2.00 bits per heavy atom. The summed E-state index contributed by atoms with van der Waals surface area (Å²) in [7, 11) is 0. The quantitative estimate of drug-likeness (QED) is 0.790. The van der Waals surface area contributed by atoms with E-state index in [0.717, 1.165) is 11.6 Å². The Bertz CT molecular complexity index is 270. The van der Waals surface area contributed by atoms with Gasteiger partial charge in [0.05, 0.1) is 0 Å². The molecule has 5 heteroatoms. The van der Waals surface area contributed by atoms with Crippen molar-refractivity contribution in [2.24, 2.45) is 5.73 Å². The normalized spacial score (nSPS) is 25.8.